The summed E-state index contributed by atoms with van der Waals surface area (Å²) in [4.78, 5) is 53.3. The van der Waals surface area contributed by atoms with Gasteiger partial charge in [-0.05, 0) is 42.2 Å². The number of anilines is 2. The second kappa shape index (κ2) is 10.6. The van der Waals surface area contributed by atoms with Crippen LogP contribution in [0.3, 0.4) is 0 Å². The van der Waals surface area contributed by atoms with E-state index in [1.165, 1.54) is 0 Å². The lowest BCUT2D eigenvalue weighted by atomic mass is 9.80. The van der Waals surface area contributed by atoms with Crippen LogP contribution >= 0.6 is 0 Å². The van der Waals surface area contributed by atoms with E-state index >= 15 is 0 Å². The van der Waals surface area contributed by atoms with E-state index < -0.39 is 70.3 Å². The van der Waals surface area contributed by atoms with Gasteiger partial charge in [0.2, 0.25) is 11.8 Å². The summed E-state index contributed by atoms with van der Waals surface area (Å²) in [6.07, 6.45) is -8.91. The van der Waals surface area contributed by atoms with Crippen molar-refractivity contribution in [3.05, 3.63) is 59.2 Å². The number of hydrogen-bond donors (Lipinski definition) is 3. The zero-order valence-corrected chi connectivity index (χ0v) is 22.1. The third-order valence-corrected chi connectivity index (χ3v) is 7.89. The highest BCUT2D eigenvalue weighted by Crippen LogP contribution is 2.47. The first-order valence-corrected chi connectivity index (χ1v) is 13.2. The molecule has 2 aliphatic heterocycles. The van der Waals surface area contributed by atoms with Crippen molar-refractivity contribution in [1.29, 1.82) is 5.26 Å². The molecular weight excluding hydrogens is 584 g/mol. The number of nitrogens with one attached hydrogen (secondary N) is 3. The Labute approximate surface area is 240 Å². The SMILES string of the molecule is N#CC1C[C@@]2(CN1C(=O)[C@H](CC1CC1)NC(=O)C(=O)Nc1ccc(C(F)(F)F)cc1C(F)(F)F)C(=O)Nc1ccccc12. The predicted molar refractivity (Wildman–Crippen MR) is 137 cm³/mol. The zero-order chi connectivity index (χ0) is 31.3. The molecule has 3 aliphatic rings. The average molecular weight is 608 g/mol. The molecule has 0 aromatic heterocycles. The molecule has 15 heteroatoms. The highest BCUT2D eigenvalue weighted by Gasteiger charge is 2.56. The van der Waals surface area contributed by atoms with E-state index in [4.69, 9.17) is 0 Å². The van der Waals surface area contributed by atoms with E-state index in [1.807, 2.05) is 6.07 Å². The van der Waals surface area contributed by atoms with Gasteiger partial charge in [0.1, 0.15) is 12.1 Å². The molecule has 2 aromatic rings. The molecule has 2 aromatic carbocycles. The van der Waals surface area contributed by atoms with Crippen LogP contribution in [0.1, 0.15) is 42.4 Å². The van der Waals surface area contributed by atoms with Crippen molar-refractivity contribution in [1.82, 2.24) is 10.2 Å². The van der Waals surface area contributed by atoms with Gasteiger partial charge in [0.15, 0.2) is 0 Å². The molecule has 2 fully saturated rings. The Balaban J connectivity index is 1.35. The van der Waals surface area contributed by atoms with Crippen LogP contribution in [0.25, 0.3) is 0 Å². The van der Waals surface area contributed by atoms with Gasteiger partial charge in [-0.15, -0.1) is 0 Å². The molecule has 2 heterocycles. The van der Waals surface area contributed by atoms with E-state index in [0.717, 1.165) is 4.90 Å². The van der Waals surface area contributed by atoms with Crippen LogP contribution in [0.15, 0.2) is 42.5 Å². The molecule has 0 bridgehead atoms. The second-order valence-corrected chi connectivity index (χ2v) is 10.8. The fourth-order valence-corrected chi connectivity index (χ4v) is 5.56. The van der Waals surface area contributed by atoms with Crippen LogP contribution in [0.5, 0.6) is 0 Å². The molecule has 3 atom stereocenters. The summed E-state index contributed by atoms with van der Waals surface area (Å²) in [5, 5.41) is 16.5. The molecule has 4 amide bonds. The number of halogens is 6. The molecular formula is C28H23F6N5O4. The lowest BCUT2D eigenvalue weighted by Crippen LogP contribution is -2.53. The minimum absolute atomic E-state index is 0.00309. The number of alkyl halides is 6. The number of rotatable bonds is 5. The number of likely N-dealkylation sites (tertiary alicyclic amines) is 1. The maximum absolute atomic E-state index is 13.7. The highest BCUT2D eigenvalue weighted by molar-refractivity contribution is 6.40. The van der Waals surface area contributed by atoms with Crippen molar-refractivity contribution >= 4 is 35.0 Å². The van der Waals surface area contributed by atoms with Gasteiger partial charge in [-0.1, -0.05) is 31.0 Å². The number of fused-ring (bicyclic) bond motifs is 2. The Bertz CT molecular complexity index is 1550. The van der Waals surface area contributed by atoms with Crippen LogP contribution in [-0.4, -0.2) is 47.2 Å². The van der Waals surface area contributed by atoms with Crippen molar-refractivity contribution in [3.63, 3.8) is 0 Å². The molecule has 1 spiro atoms. The van der Waals surface area contributed by atoms with E-state index in [9.17, 15) is 50.8 Å². The van der Waals surface area contributed by atoms with Crippen molar-refractivity contribution in [2.75, 3.05) is 17.2 Å². The van der Waals surface area contributed by atoms with E-state index in [0.29, 0.717) is 36.2 Å². The monoisotopic (exact) mass is 607 g/mol. The Hall–Kier alpha value is -4.61. The smallest absolute Gasteiger partial charge is 0.336 e. The molecule has 3 N–H and O–H groups in total. The fourth-order valence-electron chi connectivity index (χ4n) is 5.56. The van der Waals surface area contributed by atoms with Crippen LogP contribution in [-0.2, 0) is 36.9 Å². The van der Waals surface area contributed by atoms with Crippen molar-refractivity contribution < 1.29 is 45.5 Å². The lowest BCUT2D eigenvalue weighted by molar-refractivity contribution is -0.142. The summed E-state index contributed by atoms with van der Waals surface area (Å²) in [7, 11) is 0. The van der Waals surface area contributed by atoms with Crippen molar-refractivity contribution in [2.24, 2.45) is 5.92 Å². The maximum atomic E-state index is 13.7. The zero-order valence-electron chi connectivity index (χ0n) is 22.1. The molecule has 1 aliphatic carbocycles. The van der Waals surface area contributed by atoms with E-state index in [1.54, 1.807) is 29.6 Å². The summed E-state index contributed by atoms with van der Waals surface area (Å²) >= 11 is 0. The highest BCUT2D eigenvalue weighted by atomic mass is 19.4. The van der Waals surface area contributed by atoms with Crippen LogP contribution in [0.2, 0.25) is 0 Å². The molecule has 1 saturated carbocycles. The molecule has 9 nitrogen and oxygen atoms in total. The first kappa shape index (κ1) is 29.9. The minimum Gasteiger partial charge on any atom is -0.336 e. The summed E-state index contributed by atoms with van der Waals surface area (Å²) in [6, 6.07) is 6.94. The normalized spacial score (nSPS) is 22.0. The maximum Gasteiger partial charge on any atom is 0.418 e. The van der Waals surface area contributed by atoms with Gasteiger partial charge in [0.25, 0.3) is 0 Å². The second-order valence-electron chi connectivity index (χ2n) is 10.8. The van der Waals surface area contributed by atoms with Gasteiger partial charge < -0.3 is 20.9 Å². The summed E-state index contributed by atoms with van der Waals surface area (Å²) in [5.41, 5.74) is -4.57. The number of para-hydroxylation sites is 1. The number of amides is 4. The molecule has 0 radical (unpaired) electrons. The van der Waals surface area contributed by atoms with Gasteiger partial charge in [-0.2, -0.15) is 31.6 Å². The quantitative estimate of drug-likeness (QED) is 0.350. The Kier molecular flexibility index (Phi) is 7.35. The number of carbonyl (C=O) groups excluding carboxylic acids is 4. The van der Waals surface area contributed by atoms with Gasteiger partial charge in [-0.3, -0.25) is 19.2 Å². The standard InChI is InChI=1S/C28H23F6N5O4/c29-27(30,31)15-7-8-20(18(10-15)28(32,33)34)36-22(40)23(41)37-21(9-14-5-6-14)24(42)39-13-26(11-16(39)12-35)17-3-1-2-4-19(17)38-25(26)43/h1-4,7-8,10,14,16,21H,5-6,9,11,13H2,(H,36,40)(H,37,41)(H,38,43)/t16?,21-,26-/m0/s1. The van der Waals surface area contributed by atoms with Crippen molar-refractivity contribution in [3.8, 4) is 6.07 Å². The Morgan fingerprint density at radius 3 is 2.37 bits per heavy atom. The first-order valence-electron chi connectivity index (χ1n) is 13.2. The average Bonchev–Trinajstić information content (AvgIpc) is 3.60. The minimum atomic E-state index is -5.30. The van der Waals surface area contributed by atoms with Crippen LogP contribution in [0, 0.1) is 17.2 Å². The third-order valence-electron chi connectivity index (χ3n) is 7.89. The Morgan fingerprint density at radius 2 is 1.74 bits per heavy atom. The molecule has 226 valence electrons. The summed E-state index contributed by atoms with van der Waals surface area (Å²) in [6.45, 7) is -0.184. The third kappa shape index (κ3) is 5.73. The number of nitrogens with zero attached hydrogens (tertiary/aromatic N) is 2. The lowest BCUT2D eigenvalue weighted by Gasteiger charge is -2.27. The molecule has 5 rings (SSSR count). The van der Waals surface area contributed by atoms with Gasteiger partial charge in [0, 0.05) is 18.7 Å². The molecule has 1 saturated heterocycles. The largest absolute Gasteiger partial charge is 0.418 e. The van der Waals surface area contributed by atoms with Crippen molar-refractivity contribution in [2.45, 2.75) is 55.5 Å². The van der Waals surface area contributed by atoms with E-state index in [-0.39, 0.29) is 31.4 Å². The topological polar surface area (TPSA) is 131 Å². The predicted octanol–water partition coefficient (Wildman–Crippen LogP) is 3.96. The summed E-state index contributed by atoms with van der Waals surface area (Å²) in [5.74, 6) is -4.30. The van der Waals surface area contributed by atoms with Gasteiger partial charge >= 0.3 is 24.2 Å². The first-order chi connectivity index (χ1) is 20.1. The number of hydrogen-bond acceptors (Lipinski definition) is 5. The molecule has 43 heavy (non-hydrogen) atoms. The Morgan fingerprint density at radius 1 is 1.05 bits per heavy atom. The van der Waals surface area contributed by atoms with Crippen LogP contribution < -0.4 is 16.0 Å². The van der Waals surface area contributed by atoms with E-state index in [2.05, 4.69) is 10.6 Å². The molecule has 1 unspecified atom stereocenters. The van der Waals surface area contributed by atoms with Crippen LogP contribution in [0.4, 0.5) is 37.7 Å². The number of nitriles is 1. The fraction of sp³-hybridized carbons (Fsp3) is 0.393. The number of benzene rings is 2. The van der Waals surface area contributed by atoms with Gasteiger partial charge in [-0.25, -0.2) is 0 Å². The number of carbonyl (C=O) groups is 4. The van der Waals surface area contributed by atoms with Gasteiger partial charge in [0.05, 0.1) is 28.3 Å². The summed E-state index contributed by atoms with van der Waals surface area (Å²) < 4.78 is 79.4.